The smallest absolute Gasteiger partial charge is 0.318 e. The Kier molecular flexibility index (Phi) is 6.21. The van der Waals surface area contributed by atoms with Crippen LogP contribution >= 0.6 is 11.3 Å². The zero-order chi connectivity index (χ0) is 21.1. The number of amides is 3. The third kappa shape index (κ3) is 4.58. The van der Waals surface area contributed by atoms with Gasteiger partial charge in [-0.05, 0) is 37.8 Å². The van der Waals surface area contributed by atoms with Crippen LogP contribution in [0.3, 0.4) is 0 Å². The summed E-state index contributed by atoms with van der Waals surface area (Å²) in [6, 6.07) is 3.04. The number of benzene rings is 1. The van der Waals surface area contributed by atoms with E-state index in [9.17, 15) is 18.4 Å². The molecule has 7 nitrogen and oxygen atoms in total. The Morgan fingerprint density at radius 3 is 2.60 bits per heavy atom. The van der Waals surface area contributed by atoms with Gasteiger partial charge in [0.2, 0.25) is 5.01 Å². The molecule has 1 saturated heterocycles. The summed E-state index contributed by atoms with van der Waals surface area (Å²) in [7, 11) is 0. The maximum absolute atomic E-state index is 13.3. The van der Waals surface area contributed by atoms with Crippen molar-refractivity contribution in [1.82, 2.24) is 20.4 Å². The van der Waals surface area contributed by atoms with Gasteiger partial charge in [0.15, 0.2) is 11.6 Å². The number of aromatic nitrogens is 2. The molecule has 0 unspecified atom stereocenters. The number of anilines is 1. The Hall–Kier alpha value is -2.62. The van der Waals surface area contributed by atoms with E-state index in [4.69, 9.17) is 0 Å². The summed E-state index contributed by atoms with van der Waals surface area (Å²) >= 11 is 1.11. The van der Waals surface area contributed by atoms with Gasteiger partial charge in [0.1, 0.15) is 5.01 Å². The van der Waals surface area contributed by atoms with E-state index in [0.29, 0.717) is 11.6 Å². The second-order valence-electron chi connectivity index (χ2n) is 7.66. The van der Waals surface area contributed by atoms with Crippen LogP contribution in [0.15, 0.2) is 18.2 Å². The van der Waals surface area contributed by atoms with Crippen LogP contribution in [0.2, 0.25) is 0 Å². The number of nitrogens with one attached hydrogen (secondary N) is 2. The Bertz CT molecular complexity index is 932. The van der Waals surface area contributed by atoms with Crippen molar-refractivity contribution < 1.29 is 18.4 Å². The highest BCUT2D eigenvalue weighted by atomic mass is 32.1. The molecule has 10 heteroatoms. The van der Waals surface area contributed by atoms with Crippen LogP contribution < -0.4 is 10.6 Å². The number of nitrogens with zero attached hydrogens (tertiary/aromatic N) is 3. The molecule has 3 amide bonds. The average Bonchev–Trinajstić information content (AvgIpc) is 3.41. The van der Waals surface area contributed by atoms with E-state index in [1.165, 1.54) is 12.5 Å². The lowest BCUT2D eigenvalue weighted by atomic mass is 9.96. The Labute approximate surface area is 176 Å². The molecular formula is C20H23F2N5O2S. The number of likely N-dealkylation sites (tertiary alicyclic amines) is 1. The fourth-order valence-corrected chi connectivity index (χ4v) is 4.88. The monoisotopic (exact) mass is 435 g/mol. The van der Waals surface area contributed by atoms with Gasteiger partial charge >= 0.3 is 6.03 Å². The number of rotatable bonds is 4. The Balaban J connectivity index is 1.41. The predicted octanol–water partition coefficient (Wildman–Crippen LogP) is 4.25. The summed E-state index contributed by atoms with van der Waals surface area (Å²) in [6.45, 7) is 0.638. The molecule has 1 aliphatic heterocycles. The van der Waals surface area contributed by atoms with E-state index in [1.54, 1.807) is 4.90 Å². The van der Waals surface area contributed by atoms with Gasteiger partial charge in [-0.2, -0.15) is 0 Å². The molecule has 1 aromatic carbocycles. The van der Waals surface area contributed by atoms with Crippen molar-refractivity contribution >= 4 is 29.0 Å². The predicted molar refractivity (Wildman–Crippen MR) is 108 cm³/mol. The minimum Gasteiger partial charge on any atom is -0.335 e. The van der Waals surface area contributed by atoms with Crippen LogP contribution in [0.4, 0.5) is 19.3 Å². The second kappa shape index (κ2) is 9.03. The number of carbonyl (C=O) groups excluding carboxylic acids is 2. The summed E-state index contributed by atoms with van der Waals surface area (Å²) in [6.07, 6.45) is 7.15. The van der Waals surface area contributed by atoms with E-state index in [1.807, 2.05) is 0 Å². The first-order valence-corrected chi connectivity index (χ1v) is 11.0. The molecule has 0 bridgehead atoms. The third-order valence-electron chi connectivity index (χ3n) is 5.54. The number of hydrogen-bond acceptors (Lipinski definition) is 5. The minimum absolute atomic E-state index is 0.0904. The van der Waals surface area contributed by atoms with Gasteiger partial charge < -0.3 is 15.5 Å². The molecule has 2 aliphatic rings. The van der Waals surface area contributed by atoms with E-state index in [0.717, 1.165) is 62.0 Å². The van der Waals surface area contributed by atoms with Gasteiger partial charge in [-0.15, -0.1) is 10.2 Å². The Morgan fingerprint density at radius 1 is 1.03 bits per heavy atom. The van der Waals surface area contributed by atoms with Crippen molar-refractivity contribution in [3.63, 3.8) is 0 Å². The van der Waals surface area contributed by atoms with Crippen molar-refractivity contribution in [2.75, 3.05) is 11.9 Å². The fourth-order valence-electron chi connectivity index (χ4n) is 3.99. The SMILES string of the molecule is O=C(Nc1ccc(F)c(F)c1)c1nnc([C@@H]2CCCN2C(=O)NC2CCCCC2)s1. The van der Waals surface area contributed by atoms with Crippen molar-refractivity contribution in [2.24, 2.45) is 0 Å². The van der Waals surface area contributed by atoms with Crippen molar-refractivity contribution in [3.05, 3.63) is 39.8 Å². The second-order valence-corrected chi connectivity index (χ2v) is 8.67. The van der Waals surface area contributed by atoms with Crippen LogP contribution in [-0.2, 0) is 0 Å². The number of halogens is 2. The molecule has 1 atom stereocenters. The Morgan fingerprint density at radius 2 is 1.83 bits per heavy atom. The molecule has 0 spiro atoms. The molecule has 4 rings (SSSR count). The van der Waals surface area contributed by atoms with Gasteiger partial charge in [-0.1, -0.05) is 30.6 Å². The maximum Gasteiger partial charge on any atom is 0.318 e. The summed E-state index contributed by atoms with van der Waals surface area (Å²) < 4.78 is 26.4. The van der Waals surface area contributed by atoms with Crippen LogP contribution in [0.5, 0.6) is 0 Å². The molecule has 160 valence electrons. The number of hydrogen-bond donors (Lipinski definition) is 2. The molecule has 2 aromatic rings. The largest absolute Gasteiger partial charge is 0.335 e. The van der Waals surface area contributed by atoms with Gasteiger partial charge in [0, 0.05) is 24.3 Å². The molecule has 1 aromatic heterocycles. The molecule has 2 N–H and O–H groups in total. The maximum atomic E-state index is 13.3. The highest BCUT2D eigenvalue weighted by Crippen LogP contribution is 2.34. The lowest BCUT2D eigenvalue weighted by Crippen LogP contribution is -2.45. The molecule has 1 saturated carbocycles. The van der Waals surface area contributed by atoms with Gasteiger partial charge in [-0.25, -0.2) is 13.6 Å². The van der Waals surface area contributed by atoms with Gasteiger partial charge in [0.25, 0.3) is 5.91 Å². The molecule has 0 radical (unpaired) electrons. The molecule has 2 heterocycles. The lowest BCUT2D eigenvalue weighted by molar-refractivity contribution is 0.102. The highest BCUT2D eigenvalue weighted by Gasteiger charge is 2.34. The summed E-state index contributed by atoms with van der Waals surface area (Å²) in [5.74, 6) is -2.59. The van der Waals surface area contributed by atoms with Gasteiger partial charge in [0.05, 0.1) is 6.04 Å². The standard InChI is InChI=1S/C20H23F2N5O2S/c21-14-9-8-13(11-15(14)22)23-17(28)19-26-25-18(30-19)16-7-4-10-27(16)20(29)24-12-5-2-1-3-6-12/h8-9,11-12,16H,1-7,10H2,(H,23,28)(H,24,29)/t16-/m0/s1. The average molecular weight is 436 g/mol. The van der Waals surface area contributed by atoms with Crippen molar-refractivity contribution in [3.8, 4) is 0 Å². The first kappa shape index (κ1) is 20.6. The first-order chi connectivity index (χ1) is 14.5. The number of urea groups is 1. The summed E-state index contributed by atoms with van der Waals surface area (Å²) in [4.78, 5) is 26.9. The van der Waals surface area contributed by atoms with Crippen LogP contribution in [0.25, 0.3) is 0 Å². The van der Waals surface area contributed by atoms with Gasteiger partial charge in [-0.3, -0.25) is 4.79 Å². The van der Waals surface area contributed by atoms with Crippen molar-refractivity contribution in [1.29, 1.82) is 0 Å². The quantitative estimate of drug-likeness (QED) is 0.752. The van der Waals surface area contributed by atoms with E-state index >= 15 is 0 Å². The first-order valence-electron chi connectivity index (χ1n) is 10.2. The van der Waals surface area contributed by atoms with Crippen LogP contribution in [0.1, 0.15) is 65.8 Å². The summed E-state index contributed by atoms with van der Waals surface area (Å²) in [5.41, 5.74) is 0.130. The van der Waals surface area contributed by atoms with Crippen molar-refractivity contribution in [2.45, 2.75) is 57.0 Å². The lowest BCUT2D eigenvalue weighted by Gasteiger charge is -2.28. The van der Waals surface area contributed by atoms with Crippen LogP contribution in [0, 0.1) is 11.6 Å². The topological polar surface area (TPSA) is 87.2 Å². The van der Waals surface area contributed by atoms with E-state index in [2.05, 4.69) is 20.8 Å². The van der Waals surface area contributed by atoms with Crippen LogP contribution in [-0.4, -0.2) is 39.6 Å². The van der Waals surface area contributed by atoms with E-state index in [-0.39, 0.29) is 28.8 Å². The normalized spacial score (nSPS) is 19.7. The molecule has 1 aliphatic carbocycles. The minimum atomic E-state index is -1.05. The zero-order valence-electron chi connectivity index (χ0n) is 16.4. The third-order valence-corrected chi connectivity index (χ3v) is 6.57. The number of carbonyl (C=O) groups is 2. The molecular weight excluding hydrogens is 412 g/mol. The zero-order valence-corrected chi connectivity index (χ0v) is 17.2. The molecule has 2 fully saturated rings. The van der Waals surface area contributed by atoms with E-state index < -0.39 is 17.5 Å². The summed E-state index contributed by atoms with van der Waals surface area (Å²) in [5, 5.41) is 14.4. The molecule has 30 heavy (non-hydrogen) atoms. The highest BCUT2D eigenvalue weighted by molar-refractivity contribution is 7.13. The fraction of sp³-hybridized carbons (Fsp3) is 0.500.